The first-order chi connectivity index (χ1) is 9.54. The van der Waals surface area contributed by atoms with Gasteiger partial charge in [-0.1, -0.05) is 36.7 Å². The fourth-order valence-electron chi connectivity index (χ4n) is 1.62. The van der Waals surface area contributed by atoms with Crippen molar-refractivity contribution in [3.63, 3.8) is 0 Å². The number of rotatable bonds is 5. The van der Waals surface area contributed by atoms with E-state index in [1.54, 1.807) is 6.92 Å². The normalized spacial score (nSPS) is 13.3. The predicted molar refractivity (Wildman–Crippen MR) is 88.3 cm³/mol. The first-order valence-corrected chi connectivity index (χ1v) is 9.67. The predicted octanol–water partition coefficient (Wildman–Crippen LogP) is 3.71. The molecule has 1 atom stereocenters. The van der Waals surface area contributed by atoms with Crippen molar-refractivity contribution in [1.82, 2.24) is 5.32 Å². The van der Waals surface area contributed by atoms with Gasteiger partial charge in [-0.3, -0.25) is 4.79 Å². The zero-order valence-corrected chi connectivity index (χ0v) is 15.6. The summed E-state index contributed by atoms with van der Waals surface area (Å²) in [5.41, 5.74) is 0.980. The molecule has 1 N–H and O–H groups in total. The van der Waals surface area contributed by atoms with E-state index >= 15 is 0 Å². The fourth-order valence-corrected chi connectivity index (χ4v) is 3.01. The molecule has 0 spiro atoms. The van der Waals surface area contributed by atoms with Crippen LogP contribution < -0.4 is 5.32 Å². The van der Waals surface area contributed by atoms with E-state index in [4.69, 9.17) is 10.7 Å². The molecule has 7 heteroatoms. The van der Waals surface area contributed by atoms with Crippen LogP contribution in [0.5, 0.6) is 0 Å². The standard InChI is InChI=1S/C14H19BrClNO3S/c1-8(2)9(3)7-17-14(18)12-5-11(21(16,19)20)6-13(15)10(12)4/h5-6,8-9H,7H2,1-4H3,(H,17,18). The second-order valence-corrected chi connectivity index (χ2v) is 8.87. The van der Waals surface area contributed by atoms with Crippen molar-refractivity contribution in [1.29, 1.82) is 0 Å². The number of nitrogens with one attached hydrogen (secondary N) is 1. The van der Waals surface area contributed by atoms with Crippen LogP contribution in [0.3, 0.4) is 0 Å². The van der Waals surface area contributed by atoms with Gasteiger partial charge in [0.05, 0.1) is 4.90 Å². The van der Waals surface area contributed by atoms with Gasteiger partial charge < -0.3 is 5.32 Å². The summed E-state index contributed by atoms with van der Waals surface area (Å²) < 4.78 is 23.4. The van der Waals surface area contributed by atoms with Gasteiger partial charge in [0.25, 0.3) is 15.0 Å². The molecule has 0 fully saturated rings. The van der Waals surface area contributed by atoms with Crippen molar-refractivity contribution in [3.8, 4) is 0 Å². The molecule has 0 saturated carbocycles. The molecule has 1 aromatic rings. The Bertz CT molecular complexity index is 644. The Morgan fingerprint density at radius 1 is 1.33 bits per heavy atom. The molecular weight excluding hydrogens is 378 g/mol. The minimum Gasteiger partial charge on any atom is -0.352 e. The van der Waals surface area contributed by atoms with Crippen LogP contribution >= 0.6 is 26.6 Å². The smallest absolute Gasteiger partial charge is 0.261 e. The lowest BCUT2D eigenvalue weighted by molar-refractivity contribution is 0.0944. The number of amides is 1. The maximum Gasteiger partial charge on any atom is 0.261 e. The van der Waals surface area contributed by atoms with Crippen LogP contribution in [0.1, 0.15) is 36.7 Å². The highest BCUT2D eigenvalue weighted by Gasteiger charge is 2.19. The van der Waals surface area contributed by atoms with Crippen molar-refractivity contribution < 1.29 is 13.2 Å². The zero-order chi connectivity index (χ0) is 16.4. The van der Waals surface area contributed by atoms with Gasteiger partial charge in [-0.15, -0.1) is 0 Å². The average Bonchev–Trinajstić information content (AvgIpc) is 2.37. The van der Waals surface area contributed by atoms with Gasteiger partial charge in [-0.2, -0.15) is 0 Å². The number of carbonyl (C=O) groups is 1. The molecule has 0 aliphatic heterocycles. The third-order valence-electron chi connectivity index (χ3n) is 3.57. The lowest BCUT2D eigenvalue weighted by Gasteiger charge is -2.17. The number of carbonyl (C=O) groups excluding carboxylic acids is 1. The monoisotopic (exact) mass is 395 g/mol. The molecule has 1 unspecified atom stereocenters. The van der Waals surface area contributed by atoms with E-state index in [0.29, 0.717) is 34.0 Å². The van der Waals surface area contributed by atoms with Gasteiger partial charge in [0.1, 0.15) is 0 Å². The van der Waals surface area contributed by atoms with E-state index in [1.807, 2.05) is 6.92 Å². The second-order valence-electron chi connectivity index (χ2n) is 5.45. The number of benzene rings is 1. The molecular formula is C14H19BrClNO3S. The summed E-state index contributed by atoms with van der Waals surface area (Å²) >= 11 is 3.26. The molecule has 4 nitrogen and oxygen atoms in total. The highest BCUT2D eigenvalue weighted by atomic mass is 79.9. The van der Waals surface area contributed by atoms with Gasteiger partial charge in [0, 0.05) is 27.3 Å². The molecule has 1 rings (SSSR count). The van der Waals surface area contributed by atoms with E-state index in [9.17, 15) is 13.2 Å². The molecule has 0 aromatic heterocycles. The van der Waals surface area contributed by atoms with Gasteiger partial charge in [0.15, 0.2) is 0 Å². The minimum atomic E-state index is -3.88. The highest BCUT2D eigenvalue weighted by Crippen LogP contribution is 2.26. The molecule has 0 aliphatic carbocycles. The van der Waals surface area contributed by atoms with E-state index in [1.165, 1.54) is 12.1 Å². The maximum atomic E-state index is 12.3. The lowest BCUT2D eigenvalue weighted by Crippen LogP contribution is -2.30. The molecule has 0 heterocycles. The maximum absolute atomic E-state index is 12.3. The van der Waals surface area contributed by atoms with Gasteiger partial charge in [0.2, 0.25) is 0 Å². The molecule has 0 saturated heterocycles. The van der Waals surface area contributed by atoms with Crippen molar-refractivity contribution in [2.45, 2.75) is 32.6 Å². The topological polar surface area (TPSA) is 63.2 Å². The zero-order valence-electron chi connectivity index (χ0n) is 12.4. The summed E-state index contributed by atoms with van der Waals surface area (Å²) in [5.74, 6) is 0.480. The van der Waals surface area contributed by atoms with Crippen molar-refractivity contribution in [2.24, 2.45) is 11.8 Å². The summed E-state index contributed by atoms with van der Waals surface area (Å²) in [5, 5.41) is 2.83. The third kappa shape index (κ3) is 4.97. The Labute approximate surface area is 138 Å². The molecule has 21 heavy (non-hydrogen) atoms. The quantitative estimate of drug-likeness (QED) is 0.772. The van der Waals surface area contributed by atoms with Crippen molar-refractivity contribution in [2.75, 3.05) is 6.54 Å². The second kappa shape index (κ2) is 7.11. The molecule has 0 aliphatic rings. The van der Waals surface area contributed by atoms with E-state index < -0.39 is 9.05 Å². The molecule has 1 aromatic carbocycles. The number of hydrogen-bond acceptors (Lipinski definition) is 3. The minimum absolute atomic E-state index is 0.0938. The Morgan fingerprint density at radius 2 is 1.90 bits per heavy atom. The van der Waals surface area contributed by atoms with Crippen LogP contribution in [-0.4, -0.2) is 20.9 Å². The Morgan fingerprint density at radius 3 is 2.38 bits per heavy atom. The third-order valence-corrected chi connectivity index (χ3v) is 5.72. The Hall–Kier alpha value is -0.590. The van der Waals surface area contributed by atoms with Crippen LogP contribution in [0, 0.1) is 18.8 Å². The largest absolute Gasteiger partial charge is 0.352 e. The SMILES string of the molecule is Cc1c(Br)cc(S(=O)(=O)Cl)cc1C(=O)NCC(C)C(C)C. The molecule has 118 valence electrons. The molecule has 0 bridgehead atoms. The highest BCUT2D eigenvalue weighted by molar-refractivity contribution is 9.10. The summed E-state index contributed by atoms with van der Waals surface area (Å²) in [6.45, 7) is 8.49. The van der Waals surface area contributed by atoms with E-state index in [0.717, 1.165) is 0 Å². The van der Waals surface area contributed by atoms with Crippen LogP contribution in [-0.2, 0) is 9.05 Å². The molecule has 0 radical (unpaired) electrons. The van der Waals surface area contributed by atoms with Crippen LogP contribution in [0.15, 0.2) is 21.5 Å². The number of halogens is 2. The first kappa shape index (κ1) is 18.5. The Kier molecular flexibility index (Phi) is 6.25. The van der Waals surface area contributed by atoms with Crippen LogP contribution in [0.4, 0.5) is 0 Å². The summed E-state index contributed by atoms with van der Waals surface area (Å²) in [6.07, 6.45) is 0. The van der Waals surface area contributed by atoms with Gasteiger partial charge >= 0.3 is 0 Å². The van der Waals surface area contributed by atoms with Gasteiger partial charge in [-0.05, 0) is 36.5 Å². The summed E-state index contributed by atoms with van der Waals surface area (Å²) in [7, 11) is 1.47. The lowest BCUT2D eigenvalue weighted by atomic mass is 9.98. The van der Waals surface area contributed by atoms with Crippen molar-refractivity contribution in [3.05, 3.63) is 27.7 Å². The Balaban J connectivity index is 3.07. The average molecular weight is 397 g/mol. The summed E-state index contributed by atoms with van der Waals surface area (Å²) in [6, 6.07) is 2.70. The van der Waals surface area contributed by atoms with Gasteiger partial charge in [-0.25, -0.2) is 8.42 Å². The first-order valence-electron chi connectivity index (χ1n) is 6.57. The van der Waals surface area contributed by atoms with E-state index in [-0.39, 0.29) is 10.8 Å². The summed E-state index contributed by atoms with van der Waals surface area (Å²) in [4.78, 5) is 12.2. The molecule has 1 amide bonds. The number of hydrogen-bond donors (Lipinski definition) is 1. The van der Waals surface area contributed by atoms with Crippen molar-refractivity contribution >= 4 is 41.6 Å². The van der Waals surface area contributed by atoms with Crippen LogP contribution in [0.2, 0.25) is 0 Å². The fraction of sp³-hybridized carbons (Fsp3) is 0.500. The van der Waals surface area contributed by atoms with E-state index in [2.05, 4.69) is 35.1 Å². The van der Waals surface area contributed by atoms with Crippen LogP contribution in [0.25, 0.3) is 0 Å².